The molecule has 2 amide bonds. The maximum atomic E-state index is 11.4. The van der Waals surface area contributed by atoms with Gasteiger partial charge in [-0.15, -0.1) is 0 Å². The topological polar surface area (TPSA) is 61.4 Å². The van der Waals surface area contributed by atoms with E-state index in [1.165, 1.54) is 12.2 Å². The molecule has 0 bridgehead atoms. The number of nitrogens with one attached hydrogen (secondary N) is 2. The van der Waals surface area contributed by atoms with Gasteiger partial charge in [0.2, 0.25) is 0 Å². The first-order valence-electron chi connectivity index (χ1n) is 5.35. The SMILES string of the molecule is CC(CO)NC(=O)NCC1(C)CCCS1. The van der Waals surface area contributed by atoms with Crippen molar-refractivity contribution in [3.63, 3.8) is 0 Å². The highest BCUT2D eigenvalue weighted by molar-refractivity contribution is 8.00. The van der Waals surface area contributed by atoms with E-state index in [0.717, 1.165) is 6.42 Å². The third-order valence-corrected chi connectivity index (χ3v) is 4.11. The summed E-state index contributed by atoms with van der Waals surface area (Å²) in [5.74, 6) is 1.19. The quantitative estimate of drug-likeness (QED) is 0.676. The third-order valence-electron chi connectivity index (χ3n) is 2.57. The molecule has 1 aliphatic heterocycles. The van der Waals surface area contributed by atoms with Gasteiger partial charge in [0.05, 0.1) is 12.6 Å². The van der Waals surface area contributed by atoms with Crippen LogP contribution in [-0.4, -0.2) is 40.8 Å². The minimum Gasteiger partial charge on any atom is -0.394 e. The Hall–Kier alpha value is -0.420. The number of amides is 2. The Morgan fingerprint density at radius 3 is 2.93 bits per heavy atom. The van der Waals surface area contributed by atoms with Gasteiger partial charge in [0, 0.05) is 11.3 Å². The van der Waals surface area contributed by atoms with E-state index in [-0.39, 0.29) is 23.4 Å². The molecule has 1 rings (SSSR count). The van der Waals surface area contributed by atoms with Gasteiger partial charge in [0.25, 0.3) is 0 Å². The summed E-state index contributed by atoms with van der Waals surface area (Å²) in [4.78, 5) is 11.4. The van der Waals surface area contributed by atoms with Crippen molar-refractivity contribution >= 4 is 17.8 Å². The smallest absolute Gasteiger partial charge is 0.315 e. The van der Waals surface area contributed by atoms with Gasteiger partial charge in [-0.3, -0.25) is 0 Å². The number of aliphatic hydroxyl groups is 1. The minimum absolute atomic E-state index is 0.0283. The lowest BCUT2D eigenvalue weighted by atomic mass is 10.1. The summed E-state index contributed by atoms with van der Waals surface area (Å²) in [6.45, 7) is 4.62. The van der Waals surface area contributed by atoms with Gasteiger partial charge in [0.15, 0.2) is 0 Å². The van der Waals surface area contributed by atoms with Crippen LogP contribution in [-0.2, 0) is 0 Å². The largest absolute Gasteiger partial charge is 0.394 e. The van der Waals surface area contributed by atoms with E-state index in [4.69, 9.17) is 5.11 Å². The lowest BCUT2D eigenvalue weighted by Crippen LogP contribution is -2.46. The summed E-state index contributed by atoms with van der Waals surface area (Å²) >= 11 is 1.92. The first-order valence-corrected chi connectivity index (χ1v) is 6.33. The van der Waals surface area contributed by atoms with E-state index < -0.39 is 0 Å². The van der Waals surface area contributed by atoms with Crippen LogP contribution in [0.4, 0.5) is 4.79 Å². The zero-order valence-electron chi connectivity index (χ0n) is 9.38. The van der Waals surface area contributed by atoms with Crippen LogP contribution in [0.15, 0.2) is 0 Å². The summed E-state index contributed by atoms with van der Waals surface area (Å²) in [6, 6.07) is -0.376. The average Bonchev–Trinajstić information content (AvgIpc) is 2.63. The summed E-state index contributed by atoms with van der Waals surface area (Å²) in [7, 11) is 0. The van der Waals surface area contributed by atoms with Crippen LogP contribution in [0, 0.1) is 0 Å². The molecule has 4 nitrogen and oxygen atoms in total. The normalized spacial score (nSPS) is 27.4. The summed E-state index contributed by atoms with van der Waals surface area (Å²) in [5.41, 5.74) is 0. The van der Waals surface area contributed by atoms with Gasteiger partial charge < -0.3 is 15.7 Å². The van der Waals surface area contributed by atoms with Gasteiger partial charge in [-0.05, 0) is 32.4 Å². The number of rotatable bonds is 4. The number of carbonyl (C=O) groups is 1. The molecule has 1 heterocycles. The fraction of sp³-hybridized carbons (Fsp3) is 0.900. The van der Waals surface area contributed by atoms with Crippen molar-refractivity contribution in [2.24, 2.45) is 0 Å². The highest BCUT2D eigenvalue weighted by Crippen LogP contribution is 2.36. The van der Waals surface area contributed by atoms with Crippen LogP contribution in [0.25, 0.3) is 0 Å². The van der Waals surface area contributed by atoms with Gasteiger partial charge in [-0.1, -0.05) is 0 Å². The van der Waals surface area contributed by atoms with Crippen LogP contribution < -0.4 is 10.6 Å². The van der Waals surface area contributed by atoms with E-state index in [0.29, 0.717) is 6.54 Å². The molecule has 2 unspecified atom stereocenters. The molecule has 15 heavy (non-hydrogen) atoms. The van der Waals surface area contributed by atoms with Crippen molar-refractivity contribution in [1.82, 2.24) is 10.6 Å². The zero-order chi connectivity index (χ0) is 11.3. The molecule has 0 saturated carbocycles. The summed E-state index contributed by atoms with van der Waals surface area (Å²) in [5, 5.41) is 14.3. The Morgan fingerprint density at radius 1 is 1.67 bits per heavy atom. The zero-order valence-corrected chi connectivity index (χ0v) is 10.2. The van der Waals surface area contributed by atoms with E-state index in [1.54, 1.807) is 6.92 Å². The van der Waals surface area contributed by atoms with Crippen LogP contribution in [0.3, 0.4) is 0 Å². The second-order valence-electron chi connectivity index (χ2n) is 4.31. The Labute approximate surface area is 95.2 Å². The maximum absolute atomic E-state index is 11.4. The molecule has 1 aliphatic rings. The molecular weight excluding hydrogens is 212 g/mol. The Balaban J connectivity index is 2.21. The van der Waals surface area contributed by atoms with Gasteiger partial charge >= 0.3 is 6.03 Å². The second kappa shape index (κ2) is 5.61. The molecule has 0 aromatic carbocycles. The molecule has 1 fully saturated rings. The number of carbonyl (C=O) groups excluding carboxylic acids is 1. The number of hydrogen-bond donors (Lipinski definition) is 3. The molecule has 2 atom stereocenters. The first kappa shape index (κ1) is 12.6. The first-order chi connectivity index (χ1) is 7.06. The van der Waals surface area contributed by atoms with Crippen LogP contribution >= 0.6 is 11.8 Å². The lowest BCUT2D eigenvalue weighted by Gasteiger charge is -2.23. The standard InChI is InChI=1S/C10H20N2O2S/c1-8(6-13)12-9(14)11-7-10(2)4-3-5-15-10/h8,13H,3-7H2,1-2H3,(H2,11,12,14). The van der Waals surface area contributed by atoms with Crippen molar-refractivity contribution in [2.75, 3.05) is 18.9 Å². The van der Waals surface area contributed by atoms with Crippen molar-refractivity contribution in [1.29, 1.82) is 0 Å². The molecule has 0 aromatic heterocycles. The lowest BCUT2D eigenvalue weighted by molar-refractivity contribution is 0.220. The van der Waals surface area contributed by atoms with E-state index in [2.05, 4.69) is 17.6 Å². The van der Waals surface area contributed by atoms with Crippen molar-refractivity contribution < 1.29 is 9.90 Å². The molecule has 0 aromatic rings. The molecule has 5 heteroatoms. The van der Waals surface area contributed by atoms with Gasteiger partial charge in [0.1, 0.15) is 0 Å². The fourth-order valence-electron chi connectivity index (χ4n) is 1.56. The minimum atomic E-state index is -0.190. The molecule has 0 radical (unpaired) electrons. The Bertz CT molecular complexity index is 217. The number of urea groups is 1. The molecule has 1 saturated heterocycles. The molecule has 88 valence electrons. The van der Waals surface area contributed by atoms with Gasteiger partial charge in [-0.2, -0.15) is 11.8 Å². The van der Waals surface area contributed by atoms with Crippen molar-refractivity contribution in [2.45, 2.75) is 37.5 Å². The average molecular weight is 232 g/mol. The summed E-state index contributed by atoms with van der Waals surface area (Å²) < 4.78 is 0.194. The fourth-order valence-corrected chi connectivity index (χ4v) is 2.81. The van der Waals surface area contributed by atoms with Crippen molar-refractivity contribution in [3.8, 4) is 0 Å². The van der Waals surface area contributed by atoms with E-state index in [9.17, 15) is 4.79 Å². The van der Waals surface area contributed by atoms with Crippen LogP contribution in [0.5, 0.6) is 0 Å². The molecule has 0 spiro atoms. The molecule has 0 aliphatic carbocycles. The molecule has 3 N–H and O–H groups in total. The van der Waals surface area contributed by atoms with Crippen molar-refractivity contribution in [3.05, 3.63) is 0 Å². The van der Waals surface area contributed by atoms with Crippen LogP contribution in [0.1, 0.15) is 26.7 Å². The molecular formula is C10H20N2O2S. The highest BCUT2D eigenvalue weighted by atomic mass is 32.2. The number of thioether (sulfide) groups is 1. The van der Waals surface area contributed by atoms with Crippen LogP contribution in [0.2, 0.25) is 0 Å². The second-order valence-corrected chi connectivity index (χ2v) is 6.00. The predicted molar refractivity (Wildman–Crippen MR) is 63.2 cm³/mol. The Kier molecular flexibility index (Phi) is 4.73. The summed E-state index contributed by atoms with van der Waals surface area (Å²) in [6.07, 6.45) is 2.39. The predicted octanol–water partition coefficient (Wildman–Crippen LogP) is 0.952. The third kappa shape index (κ3) is 4.30. The van der Waals surface area contributed by atoms with E-state index in [1.807, 2.05) is 11.8 Å². The van der Waals surface area contributed by atoms with Gasteiger partial charge in [-0.25, -0.2) is 4.79 Å². The maximum Gasteiger partial charge on any atom is 0.315 e. The van der Waals surface area contributed by atoms with E-state index >= 15 is 0 Å². The monoisotopic (exact) mass is 232 g/mol. The Morgan fingerprint density at radius 2 is 2.40 bits per heavy atom. The number of aliphatic hydroxyl groups excluding tert-OH is 1. The number of hydrogen-bond acceptors (Lipinski definition) is 3. The highest BCUT2D eigenvalue weighted by Gasteiger charge is 2.29.